The van der Waals surface area contributed by atoms with E-state index < -0.39 is 0 Å². The fraction of sp³-hybridized carbons (Fsp3) is 0.375. The van der Waals surface area contributed by atoms with Gasteiger partial charge in [-0.25, -0.2) is 4.98 Å². The first-order valence-corrected chi connectivity index (χ1v) is 6.84. The Bertz CT molecular complexity index is 582. The van der Waals surface area contributed by atoms with E-state index in [2.05, 4.69) is 42.1 Å². The molecule has 0 aliphatic carbocycles. The molecule has 0 saturated heterocycles. The molecule has 4 nitrogen and oxygen atoms in total. The Hall–Kier alpha value is -1.94. The topological polar surface area (TPSA) is 47.0 Å². The van der Waals surface area contributed by atoms with E-state index in [1.807, 2.05) is 19.1 Å². The molecule has 1 heterocycles. The van der Waals surface area contributed by atoms with Crippen molar-refractivity contribution in [2.45, 2.75) is 40.3 Å². The van der Waals surface area contributed by atoms with Crippen molar-refractivity contribution in [3.63, 3.8) is 0 Å². The quantitative estimate of drug-likeness (QED) is 0.905. The van der Waals surface area contributed by atoms with Crippen LogP contribution in [0.5, 0.6) is 11.6 Å². The molecule has 20 heavy (non-hydrogen) atoms. The molecule has 106 valence electrons. The lowest BCUT2D eigenvalue weighted by molar-refractivity contribution is 0.451. The maximum atomic E-state index is 5.84. The molecule has 2 aromatic rings. The molecule has 0 aliphatic rings. The molecular weight excluding hydrogens is 250 g/mol. The summed E-state index contributed by atoms with van der Waals surface area (Å²) in [7, 11) is 0. The van der Waals surface area contributed by atoms with Crippen molar-refractivity contribution in [3.05, 3.63) is 47.4 Å². The number of hydrogen-bond acceptors (Lipinski definition) is 4. The molecule has 0 aliphatic heterocycles. The van der Waals surface area contributed by atoms with Crippen LogP contribution < -0.4 is 10.1 Å². The molecule has 0 fully saturated rings. The van der Waals surface area contributed by atoms with Gasteiger partial charge in [0.1, 0.15) is 5.75 Å². The molecule has 0 unspecified atom stereocenters. The Morgan fingerprint density at radius 1 is 1.20 bits per heavy atom. The van der Waals surface area contributed by atoms with Crippen molar-refractivity contribution in [2.24, 2.45) is 0 Å². The minimum atomic E-state index is 0.417. The lowest BCUT2D eigenvalue weighted by atomic mass is 10.1. The highest BCUT2D eigenvalue weighted by Crippen LogP contribution is 2.25. The van der Waals surface area contributed by atoms with Crippen LogP contribution in [0.2, 0.25) is 0 Å². The van der Waals surface area contributed by atoms with Gasteiger partial charge in [-0.1, -0.05) is 26.0 Å². The maximum Gasteiger partial charge on any atom is 0.238 e. The van der Waals surface area contributed by atoms with Crippen LogP contribution in [0.3, 0.4) is 0 Å². The zero-order valence-corrected chi connectivity index (χ0v) is 12.5. The van der Waals surface area contributed by atoms with E-state index in [1.54, 1.807) is 12.4 Å². The number of nitrogens with one attached hydrogen (secondary N) is 1. The van der Waals surface area contributed by atoms with E-state index in [4.69, 9.17) is 4.74 Å². The van der Waals surface area contributed by atoms with E-state index in [0.29, 0.717) is 18.5 Å². The summed E-state index contributed by atoms with van der Waals surface area (Å²) in [5.74, 6) is 1.36. The first-order valence-electron chi connectivity index (χ1n) is 6.84. The second kappa shape index (κ2) is 6.48. The van der Waals surface area contributed by atoms with Gasteiger partial charge in [0.2, 0.25) is 5.88 Å². The second-order valence-electron chi connectivity index (χ2n) is 5.18. The summed E-state index contributed by atoms with van der Waals surface area (Å²) in [5, 5.41) is 3.32. The molecular formula is C16H21N3O. The molecule has 0 saturated carbocycles. The zero-order chi connectivity index (χ0) is 14.5. The molecule has 2 rings (SSSR count). The molecule has 1 aromatic carbocycles. The average Bonchev–Trinajstić information content (AvgIpc) is 2.42. The Morgan fingerprint density at radius 3 is 2.75 bits per heavy atom. The van der Waals surface area contributed by atoms with Crippen LogP contribution >= 0.6 is 0 Å². The Labute approximate surface area is 120 Å². The fourth-order valence-electron chi connectivity index (χ4n) is 1.78. The number of hydrogen-bond donors (Lipinski definition) is 1. The highest BCUT2D eigenvalue weighted by Gasteiger charge is 2.06. The Kier molecular flexibility index (Phi) is 4.69. The van der Waals surface area contributed by atoms with E-state index in [9.17, 15) is 0 Å². The van der Waals surface area contributed by atoms with Gasteiger partial charge in [0.15, 0.2) is 0 Å². The number of nitrogens with zero attached hydrogens (tertiary/aromatic N) is 2. The van der Waals surface area contributed by atoms with Gasteiger partial charge < -0.3 is 10.1 Å². The third-order valence-corrected chi connectivity index (χ3v) is 3.12. The van der Waals surface area contributed by atoms with Crippen LogP contribution in [-0.4, -0.2) is 16.0 Å². The third-order valence-electron chi connectivity index (χ3n) is 3.12. The number of benzene rings is 1. The molecule has 0 amide bonds. The first kappa shape index (κ1) is 14.5. The maximum absolute atomic E-state index is 5.84. The Morgan fingerprint density at radius 2 is 2.00 bits per heavy atom. The van der Waals surface area contributed by atoms with Crippen LogP contribution in [-0.2, 0) is 6.54 Å². The van der Waals surface area contributed by atoms with Crippen LogP contribution in [0.4, 0.5) is 0 Å². The summed E-state index contributed by atoms with van der Waals surface area (Å²) < 4.78 is 5.84. The van der Waals surface area contributed by atoms with Gasteiger partial charge >= 0.3 is 0 Å². The highest BCUT2D eigenvalue weighted by atomic mass is 16.5. The standard InChI is InChI=1S/C16H21N3O/c1-11(2)18-9-14-8-17-10-16(19-14)20-15-7-5-6-12(3)13(15)4/h5-8,10-11,18H,9H2,1-4H3. The summed E-state index contributed by atoms with van der Waals surface area (Å²) in [4.78, 5) is 8.65. The van der Waals surface area contributed by atoms with Gasteiger partial charge in [-0.15, -0.1) is 0 Å². The monoisotopic (exact) mass is 271 g/mol. The van der Waals surface area contributed by atoms with Crippen LogP contribution in [0.15, 0.2) is 30.6 Å². The van der Waals surface area contributed by atoms with Crippen molar-refractivity contribution in [1.29, 1.82) is 0 Å². The second-order valence-corrected chi connectivity index (χ2v) is 5.18. The molecule has 1 N–H and O–H groups in total. The van der Waals surface area contributed by atoms with Gasteiger partial charge in [-0.3, -0.25) is 4.98 Å². The molecule has 0 radical (unpaired) electrons. The van der Waals surface area contributed by atoms with Crippen LogP contribution in [0.1, 0.15) is 30.7 Å². The summed E-state index contributed by atoms with van der Waals surface area (Å²) in [6.45, 7) is 9.00. The van der Waals surface area contributed by atoms with Crippen LogP contribution in [0.25, 0.3) is 0 Å². The predicted molar refractivity (Wildman–Crippen MR) is 80.0 cm³/mol. The van der Waals surface area contributed by atoms with Gasteiger partial charge in [0.05, 0.1) is 11.9 Å². The number of aromatic nitrogens is 2. The van der Waals surface area contributed by atoms with E-state index in [0.717, 1.165) is 17.0 Å². The van der Waals surface area contributed by atoms with Crippen molar-refractivity contribution < 1.29 is 4.74 Å². The smallest absolute Gasteiger partial charge is 0.238 e. The largest absolute Gasteiger partial charge is 0.437 e. The molecule has 1 aromatic heterocycles. The van der Waals surface area contributed by atoms with E-state index in [1.165, 1.54) is 5.56 Å². The lowest BCUT2D eigenvalue weighted by Gasteiger charge is -2.11. The Balaban J connectivity index is 2.13. The molecule has 0 atom stereocenters. The first-order chi connectivity index (χ1) is 9.56. The normalized spacial score (nSPS) is 10.8. The SMILES string of the molecule is Cc1cccc(Oc2cncc(CNC(C)C)n2)c1C. The van der Waals surface area contributed by atoms with Gasteiger partial charge in [-0.05, 0) is 31.0 Å². The fourth-order valence-corrected chi connectivity index (χ4v) is 1.78. The predicted octanol–water partition coefficient (Wildman–Crippen LogP) is 3.38. The number of ether oxygens (including phenoxy) is 1. The highest BCUT2D eigenvalue weighted by molar-refractivity contribution is 5.40. The number of rotatable bonds is 5. The zero-order valence-electron chi connectivity index (χ0n) is 12.5. The average molecular weight is 271 g/mol. The van der Waals surface area contributed by atoms with Crippen molar-refractivity contribution in [2.75, 3.05) is 0 Å². The molecule has 0 bridgehead atoms. The summed E-state index contributed by atoms with van der Waals surface area (Å²) >= 11 is 0. The van der Waals surface area contributed by atoms with E-state index >= 15 is 0 Å². The van der Waals surface area contributed by atoms with Gasteiger partial charge in [-0.2, -0.15) is 0 Å². The minimum Gasteiger partial charge on any atom is -0.437 e. The summed E-state index contributed by atoms with van der Waals surface area (Å²) in [6.07, 6.45) is 3.39. The molecule has 0 spiro atoms. The summed E-state index contributed by atoms with van der Waals surface area (Å²) in [6, 6.07) is 6.41. The lowest BCUT2D eigenvalue weighted by Crippen LogP contribution is -2.22. The van der Waals surface area contributed by atoms with Crippen molar-refractivity contribution in [1.82, 2.24) is 15.3 Å². The third kappa shape index (κ3) is 3.78. The van der Waals surface area contributed by atoms with E-state index in [-0.39, 0.29) is 0 Å². The number of aryl methyl sites for hydroxylation is 1. The summed E-state index contributed by atoms with van der Waals surface area (Å²) in [5.41, 5.74) is 3.20. The molecule has 4 heteroatoms. The van der Waals surface area contributed by atoms with Crippen LogP contribution in [0, 0.1) is 13.8 Å². The van der Waals surface area contributed by atoms with Crippen molar-refractivity contribution >= 4 is 0 Å². The minimum absolute atomic E-state index is 0.417. The van der Waals surface area contributed by atoms with Gasteiger partial charge in [0.25, 0.3) is 0 Å². The van der Waals surface area contributed by atoms with Crippen molar-refractivity contribution in [3.8, 4) is 11.6 Å². The van der Waals surface area contributed by atoms with Gasteiger partial charge in [0, 0.05) is 18.8 Å².